The fourth-order valence-corrected chi connectivity index (χ4v) is 1.32. The average molecular weight is 185 g/mol. The Morgan fingerprint density at radius 2 is 2.17 bits per heavy atom. The van der Waals surface area contributed by atoms with Crippen LogP contribution in [0.1, 0.15) is 12.5 Å². The molecule has 0 aliphatic rings. The summed E-state index contributed by atoms with van der Waals surface area (Å²) in [4.78, 5) is 8.51. The lowest BCUT2D eigenvalue weighted by Gasteiger charge is -1.98. The molecule has 1 aromatic rings. The normalized spacial score (nSPS) is 11.0. The van der Waals surface area contributed by atoms with E-state index in [0.29, 0.717) is 5.75 Å². The second-order valence-corrected chi connectivity index (χ2v) is 2.95. The predicted molar refractivity (Wildman–Crippen MR) is 46.3 cm³/mol. The van der Waals surface area contributed by atoms with Gasteiger partial charge in [-0.15, -0.1) is 4.89 Å². The van der Waals surface area contributed by atoms with Crippen LogP contribution in [-0.2, 0) is 11.0 Å². The van der Waals surface area contributed by atoms with Crippen molar-refractivity contribution in [2.45, 2.75) is 13.3 Å². The maximum Gasteiger partial charge on any atom is 0.747 e. The van der Waals surface area contributed by atoms with Gasteiger partial charge in [-0.1, -0.05) is 25.1 Å². The van der Waals surface area contributed by atoms with E-state index in [1.807, 2.05) is 19.1 Å². The topological polar surface area (TPSA) is 46.5 Å². The van der Waals surface area contributed by atoms with Gasteiger partial charge >= 0.3 is 8.25 Å². The summed E-state index contributed by atoms with van der Waals surface area (Å²) < 4.78 is 15.1. The Labute approximate surface area is 71.9 Å². The van der Waals surface area contributed by atoms with Gasteiger partial charge in [0.25, 0.3) is 0 Å². The van der Waals surface area contributed by atoms with E-state index in [-0.39, 0.29) is 0 Å². The molecule has 0 bridgehead atoms. The Hall–Kier alpha value is -0.920. The fraction of sp³-hybridized carbons (Fsp3) is 0.250. The molecule has 0 heterocycles. The van der Waals surface area contributed by atoms with E-state index in [1.54, 1.807) is 12.1 Å². The van der Waals surface area contributed by atoms with E-state index >= 15 is 0 Å². The molecule has 0 spiro atoms. The minimum absolute atomic E-state index is 0.489. The third-order valence-electron chi connectivity index (χ3n) is 1.53. The van der Waals surface area contributed by atoms with Crippen molar-refractivity contribution >= 4 is 8.25 Å². The van der Waals surface area contributed by atoms with Crippen LogP contribution in [0.2, 0.25) is 0 Å². The van der Waals surface area contributed by atoms with E-state index in [0.717, 1.165) is 12.0 Å². The van der Waals surface area contributed by atoms with Crippen LogP contribution in [0, 0.1) is 0 Å². The van der Waals surface area contributed by atoms with Crippen molar-refractivity contribution in [1.29, 1.82) is 0 Å². The van der Waals surface area contributed by atoms with Crippen LogP contribution in [0.4, 0.5) is 0 Å². The molecular formula is C8H10O3P+. The molecule has 0 aliphatic heterocycles. The number of aryl methyl sites for hydroxylation is 1. The number of hydrogen-bond acceptors (Lipinski definition) is 2. The third-order valence-corrected chi connectivity index (χ3v) is 1.88. The predicted octanol–water partition coefficient (Wildman–Crippen LogP) is 2.28. The highest BCUT2D eigenvalue weighted by Gasteiger charge is 2.15. The molecular weight excluding hydrogens is 175 g/mol. The molecule has 12 heavy (non-hydrogen) atoms. The zero-order chi connectivity index (χ0) is 8.97. The first-order chi connectivity index (χ1) is 5.74. The van der Waals surface area contributed by atoms with Gasteiger partial charge < -0.3 is 0 Å². The van der Waals surface area contributed by atoms with E-state index in [9.17, 15) is 4.57 Å². The summed E-state index contributed by atoms with van der Waals surface area (Å²) in [5.74, 6) is 0.489. The highest BCUT2D eigenvalue weighted by molar-refractivity contribution is 7.32. The number of para-hydroxylation sites is 1. The van der Waals surface area contributed by atoms with E-state index in [4.69, 9.17) is 9.42 Å². The van der Waals surface area contributed by atoms with Crippen molar-refractivity contribution in [3.05, 3.63) is 29.8 Å². The second-order valence-electron chi connectivity index (χ2n) is 2.29. The van der Waals surface area contributed by atoms with Crippen LogP contribution in [0.3, 0.4) is 0 Å². The van der Waals surface area contributed by atoms with Gasteiger partial charge in [0, 0.05) is 4.57 Å². The summed E-state index contributed by atoms with van der Waals surface area (Å²) >= 11 is 0. The van der Waals surface area contributed by atoms with Crippen LogP contribution in [0.5, 0.6) is 5.75 Å². The molecule has 1 rings (SSSR count). The van der Waals surface area contributed by atoms with Crippen molar-refractivity contribution in [2.75, 3.05) is 0 Å². The highest BCUT2D eigenvalue weighted by Crippen LogP contribution is 2.26. The first-order valence-corrected chi connectivity index (χ1v) is 4.79. The molecule has 3 nitrogen and oxygen atoms in total. The van der Waals surface area contributed by atoms with Crippen molar-refractivity contribution in [3.63, 3.8) is 0 Å². The van der Waals surface area contributed by atoms with Crippen molar-refractivity contribution in [1.82, 2.24) is 0 Å². The maximum atomic E-state index is 10.4. The van der Waals surface area contributed by atoms with Crippen LogP contribution < -0.4 is 4.52 Å². The standard InChI is InChI=1S/C8H9O3P/c1-2-7-5-3-4-6-8(7)11-12(9)10/h3-6H,2H2,1H3/p+1. The molecule has 0 saturated heterocycles. The summed E-state index contributed by atoms with van der Waals surface area (Å²) in [6.45, 7) is 1.96. The van der Waals surface area contributed by atoms with Gasteiger partial charge in [0.2, 0.25) is 0 Å². The Balaban J connectivity index is 2.89. The minimum atomic E-state index is -2.55. The van der Waals surface area contributed by atoms with Crippen LogP contribution in [-0.4, -0.2) is 4.89 Å². The highest BCUT2D eigenvalue weighted by atomic mass is 31.1. The second kappa shape index (κ2) is 4.19. The largest absolute Gasteiger partial charge is 0.747 e. The summed E-state index contributed by atoms with van der Waals surface area (Å²) in [6, 6.07) is 7.19. The average Bonchev–Trinajstić information content (AvgIpc) is 2.04. The summed E-state index contributed by atoms with van der Waals surface area (Å²) in [6.07, 6.45) is 0.791. The monoisotopic (exact) mass is 185 g/mol. The van der Waals surface area contributed by atoms with Crippen LogP contribution in [0.15, 0.2) is 24.3 Å². The summed E-state index contributed by atoms with van der Waals surface area (Å²) in [7, 11) is -2.55. The zero-order valence-electron chi connectivity index (χ0n) is 6.73. The lowest BCUT2D eigenvalue weighted by Crippen LogP contribution is -1.87. The molecule has 0 fully saturated rings. The first kappa shape index (κ1) is 9.17. The lowest BCUT2D eigenvalue weighted by molar-refractivity contribution is 0.409. The van der Waals surface area contributed by atoms with Crippen LogP contribution >= 0.6 is 8.25 Å². The number of rotatable bonds is 3. The molecule has 0 aromatic heterocycles. The molecule has 1 aromatic carbocycles. The molecule has 1 N–H and O–H groups in total. The van der Waals surface area contributed by atoms with Gasteiger partial charge in [0.15, 0.2) is 5.75 Å². The summed E-state index contributed by atoms with van der Waals surface area (Å²) in [5, 5.41) is 0. The molecule has 0 radical (unpaired) electrons. The quantitative estimate of drug-likeness (QED) is 0.734. The molecule has 0 amide bonds. The van der Waals surface area contributed by atoms with Gasteiger partial charge in [-0.3, -0.25) is 0 Å². The van der Waals surface area contributed by atoms with Crippen molar-refractivity contribution < 1.29 is 14.0 Å². The van der Waals surface area contributed by atoms with Crippen LogP contribution in [0.25, 0.3) is 0 Å². The molecule has 1 unspecified atom stereocenters. The molecule has 0 saturated carbocycles. The van der Waals surface area contributed by atoms with E-state index < -0.39 is 8.25 Å². The van der Waals surface area contributed by atoms with Gasteiger partial charge in [-0.25, -0.2) is 4.52 Å². The number of hydrogen-bond donors (Lipinski definition) is 1. The maximum absolute atomic E-state index is 10.4. The molecule has 0 aliphatic carbocycles. The van der Waals surface area contributed by atoms with Gasteiger partial charge in [0.05, 0.1) is 0 Å². The SMILES string of the molecule is CCc1ccccc1O[P+](=O)O. The van der Waals surface area contributed by atoms with Gasteiger partial charge in [0.1, 0.15) is 0 Å². The smallest absolute Gasteiger partial charge is 0.229 e. The minimum Gasteiger partial charge on any atom is -0.229 e. The Morgan fingerprint density at radius 1 is 1.50 bits per heavy atom. The Bertz CT molecular complexity index is 285. The van der Waals surface area contributed by atoms with E-state index in [2.05, 4.69) is 0 Å². The molecule has 1 atom stereocenters. The Morgan fingerprint density at radius 3 is 2.75 bits per heavy atom. The Kier molecular flexibility index (Phi) is 3.20. The lowest BCUT2D eigenvalue weighted by atomic mass is 10.1. The molecule has 4 heteroatoms. The van der Waals surface area contributed by atoms with Crippen molar-refractivity contribution in [3.8, 4) is 5.75 Å². The fourth-order valence-electron chi connectivity index (χ4n) is 0.969. The van der Waals surface area contributed by atoms with Crippen molar-refractivity contribution in [2.24, 2.45) is 0 Å². The number of benzene rings is 1. The van der Waals surface area contributed by atoms with Gasteiger partial charge in [-0.05, 0) is 18.1 Å². The third kappa shape index (κ3) is 2.29. The van der Waals surface area contributed by atoms with E-state index in [1.165, 1.54) is 0 Å². The van der Waals surface area contributed by atoms with Gasteiger partial charge in [-0.2, -0.15) is 0 Å². The summed E-state index contributed by atoms with van der Waals surface area (Å²) in [5.41, 5.74) is 0.940. The molecule has 64 valence electrons. The first-order valence-electron chi connectivity index (χ1n) is 3.66. The zero-order valence-corrected chi connectivity index (χ0v) is 7.62.